The minimum atomic E-state index is -0.866. The van der Waals surface area contributed by atoms with Gasteiger partial charge in [-0.2, -0.15) is 0 Å². The SMILES string of the molecule is C/C(=C\c1ccc(Cl)[nH]1)c1nc(C(O)C(C)C(C)O)co1. The van der Waals surface area contributed by atoms with Crippen molar-refractivity contribution < 1.29 is 14.6 Å². The Kier molecular flexibility index (Phi) is 4.88. The number of aliphatic hydroxyl groups excluding tert-OH is 2. The lowest BCUT2D eigenvalue weighted by atomic mass is 9.97. The van der Waals surface area contributed by atoms with Crippen LogP contribution in [-0.2, 0) is 0 Å². The molecule has 0 aromatic carbocycles. The number of hydrogen-bond donors (Lipinski definition) is 3. The molecule has 21 heavy (non-hydrogen) atoms. The molecule has 2 aromatic rings. The predicted octanol–water partition coefficient (Wildman–Crippen LogP) is 3.27. The van der Waals surface area contributed by atoms with Gasteiger partial charge in [0.1, 0.15) is 23.2 Å². The van der Waals surface area contributed by atoms with E-state index >= 15 is 0 Å². The molecule has 2 rings (SSSR count). The van der Waals surface area contributed by atoms with E-state index in [1.165, 1.54) is 6.26 Å². The van der Waals surface area contributed by atoms with Gasteiger partial charge in [0.15, 0.2) is 0 Å². The smallest absolute Gasteiger partial charge is 0.221 e. The van der Waals surface area contributed by atoms with E-state index in [2.05, 4.69) is 9.97 Å². The highest BCUT2D eigenvalue weighted by molar-refractivity contribution is 6.29. The van der Waals surface area contributed by atoms with Crippen LogP contribution in [0.3, 0.4) is 0 Å². The van der Waals surface area contributed by atoms with Gasteiger partial charge in [-0.15, -0.1) is 0 Å². The quantitative estimate of drug-likeness (QED) is 0.791. The average molecular weight is 311 g/mol. The first kappa shape index (κ1) is 15.8. The summed E-state index contributed by atoms with van der Waals surface area (Å²) in [6.07, 6.45) is 1.78. The number of hydrogen-bond acceptors (Lipinski definition) is 4. The molecule has 0 aliphatic heterocycles. The topological polar surface area (TPSA) is 82.3 Å². The van der Waals surface area contributed by atoms with Gasteiger partial charge in [-0.25, -0.2) is 4.98 Å². The largest absolute Gasteiger partial charge is 0.444 e. The summed E-state index contributed by atoms with van der Waals surface area (Å²) in [5, 5.41) is 20.2. The van der Waals surface area contributed by atoms with E-state index in [1.807, 2.05) is 19.1 Å². The standard InChI is InChI=1S/C15H19ClN2O3/c1-8(6-11-4-5-13(16)17-11)15-18-12(7-21-15)14(20)9(2)10(3)19/h4-7,9-10,14,17,19-20H,1-3H3/b8-6+. The van der Waals surface area contributed by atoms with Crippen molar-refractivity contribution in [3.8, 4) is 0 Å². The molecule has 0 spiro atoms. The summed E-state index contributed by atoms with van der Waals surface area (Å²) >= 11 is 5.82. The van der Waals surface area contributed by atoms with Gasteiger partial charge in [-0.1, -0.05) is 18.5 Å². The number of allylic oxidation sites excluding steroid dienone is 1. The van der Waals surface area contributed by atoms with Crippen molar-refractivity contribution in [1.82, 2.24) is 9.97 Å². The van der Waals surface area contributed by atoms with Crippen LogP contribution in [0, 0.1) is 5.92 Å². The molecule has 2 heterocycles. The number of aromatic amines is 1. The Morgan fingerprint density at radius 1 is 1.38 bits per heavy atom. The molecule has 0 saturated heterocycles. The van der Waals surface area contributed by atoms with E-state index in [0.717, 1.165) is 11.3 Å². The van der Waals surface area contributed by atoms with Gasteiger partial charge in [0, 0.05) is 17.2 Å². The highest BCUT2D eigenvalue weighted by atomic mass is 35.5. The molecule has 0 radical (unpaired) electrons. The van der Waals surface area contributed by atoms with Crippen LogP contribution in [0.5, 0.6) is 0 Å². The summed E-state index contributed by atoms with van der Waals surface area (Å²) < 4.78 is 5.39. The predicted molar refractivity (Wildman–Crippen MR) is 81.7 cm³/mol. The number of H-pyrrole nitrogens is 1. The zero-order valence-electron chi connectivity index (χ0n) is 12.2. The lowest BCUT2D eigenvalue weighted by Gasteiger charge is -2.18. The molecule has 3 unspecified atom stereocenters. The van der Waals surface area contributed by atoms with Crippen LogP contribution >= 0.6 is 11.6 Å². The zero-order valence-corrected chi connectivity index (χ0v) is 12.9. The average Bonchev–Trinajstić information content (AvgIpc) is 3.06. The van der Waals surface area contributed by atoms with Crippen molar-refractivity contribution in [1.29, 1.82) is 0 Å². The second-order valence-corrected chi connectivity index (χ2v) is 5.62. The van der Waals surface area contributed by atoms with Crippen molar-refractivity contribution in [2.45, 2.75) is 33.0 Å². The molecule has 0 saturated carbocycles. The lowest BCUT2D eigenvalue weighted by molar-refractivity contribution is 0.0283. The maximum absolute atomic E-state index is 10.1. The van der Waals surface area contributed by atoms with Crippen molar-refractivity contribution in [3.63, 3.8) is 0 Å². The number of nitrogens with zero attached hydrogens (tertiary/aromatic N) is 1. The molecule has 5 nitrogen and oxygen atoms in total. The molecule has 114 valence electrons. The van der Waals surface area contributed by atoms with E-state index in [1.54, 1.807) is 19.9 Å². The third-order valence-electron chi connectivity index (χ3n) is 3.47. The van der Waals surface area contributed by atoms with Gasteiger partial charge in [0.25, 0.3) is 0 Å². The van der Waals surface area contributed by atoms with Crippen LogP contribution in [-0.4, -0.2) is 26.3 Å². The summed E-state index contributed by atoms with van der Waals surface area (Å²) in [5.74, 6) is 0.0991. The van der Waals surface area contributed by atoms with Crippen LogP contribution in [0.1, 0.15) is 44.2 Å². The van der Waals surface area contributed by atoms with Gasteiger partial charge >= 0.3 is 0 Å². The lowest BCUT2D eigenvalue weighted by Crippen LogP contribution is -2.21. The molecular formula is C15H19ClN2O3. The summed E-state index contributed by atoms with van der Waals surface area (Å²) in [4.78, 5) is 7.25. The van der Waals surface area contributed by atoms with Gasteiger partial charge < -0.3 is 19.6 Å². The Morgan fingerprint density at radius 3 is 2.67 bits per heavy atom. The molecule has 0 aliphatic carbocycles. The summed E-state index contributed by atoms with van der Waals surface area (Å²) in [6.45, 7) is 5.25. The molecule has 0 bridgehead atoms. The van der Waals surface area contributed by atoms with E-state index < -0.39 is 12.2 Å². The molecule has 0 fully saturated rings. The van der Waals surface area contributed by atoms with Gasteiger partial charge in [0.2, 0.25) is 5.89 Å². The first-order chi connectivity index (χ1) is 9.88. The third kappa shape index (κ3) is 3.75. The highest BCUT2D eigenvalue weighted by Crippen LogP contribution is 2.26. The number of nitrogens with one attached hydrogen (secondary N) is 1. The summed E-state index contributed by atoms with van der Waals surface area (Å²) in [6, 6.07) is 3.61. The third-order valence-corrected chi connectivity index (χ3v) is 3.69. The Hall–Kier alpha value is -1.56. The molecular weight excluding hydrogens is 292 g/mol. The van der Waals surface area contributed by atoms with E-state index in [9.17, 15) is 10.2 Å². The molecule has 3 atom stereocenters. The van der Waals surface area contributed by atoms with Gasteiger partial charge in [-0.3, -0.25) is 0 Å². The maximum atomic E-state index is 10.1. The normalized spacial score (nSPS) is 16.8. The first-order valence-electron chi connectivity index (χ1n) is 6.73. The van der Waals surface area contributed by atoms with E-state index in [4.69, 9.17) is 16.0 Å². The number of aliphatic hydroxyl groups is 2. The second kappa shape index (κ2) is 6.47. The number of halogens is 1. The van der Waals surface area contributed by atoms with E-state index in [0.29, 0.717) is 16.7 Å². The fourth-order valence-corrected chi connectivity index (χ4v) is 2.07. The monoisotopic (exact) mass is 310 g/mol. The summed E-state index contributed by atoms with van der Waals surface area (Å²) in [5.41, 5.74) is 2.06. The Morgan fingerprint density at radius 2 is 2.10 bits per heavy atom. The van der Waals surface area contributed by atoms with E-state index in [-0.39, 0.29) is 5.92 Å². The first-order valence-corrected chi connectivity index (χ1v) is 7.11. The molecule has 0 aliphatic rings. The van der Waals surface area contributed by atoms with Crippen molar-refractivity contribution >= 4 is 23.3 Å². The van der Waals surface area contributed by atoms with Gasteiger partial charge in [0.05, 0.1) is 6.10 Å². The zero-order chi connectivity index (χ0) is 15.6. The van der Waals surface area contributed by atoms with Crippen molar-refractivity contribution in [2.24, 2.45) is 5.92 Å². The number of rotatable bonds is 5. The van der Waals surface area contributed by atoms with Crippen molar-refractivity contribution in [3.05, 3.63) is 40.8 Å². The molecule has 2 aromatic heterocycles. The highest BCUT2D eigenvalue weighted by Gasteiger charge is 2.24. The second-order valence-electron chi connectivity index (χ2n) is 5.21. The maximum Gasteiger partial charge on any atom is 0.221 e. The van der Waals surface area contributed by atoms with Crippen LogP contribution in [0.4, 0.5) is 0 Å². The van der Waals surface area contributed by atoms with Crippen molar-refractivity contribution in [2.75, 3.05) is 0 Å². The molecule has 6 heteroatoms. The van der Waals surface area contributed by atoms with Crippen LogP contribution in [0.25, 0.3) is 11.6 Å². The fourth-order valence-electron chi connectivity index (χ4n) is 1.90. The Balaban J connectivity index is 2.17. The molecule has 3 N–H and O–H groups in total. The number of oxazole rings is 1. The fraction of sp³-hybridized carbons (Fsp3) is 0.400. The summed E-state index contributed by atoms with van der Waals surface area (Å²) in [7, 11) is 0. The minimum absolute atomic E-state index is 0.325. The van der Waals surface area contributed by atoms with Crippen LogP contribution < -0.4 is 0 Å². The Labute approximate surface area is 128 Å². The van der Waals surface area contributed by atoms with Gasteiger partial charge in [-0.05, 0) is 32.1 Å². The van der Waals surface area contributed by atoms with Crippen LogP contribution in [0.15, 0.2) is 22.8 Å². The molecule has 0 amide bonds. The minimum Gasteiger partial charge on any atom is -0.444 e. The Bertz CT molecular complexity index is 630. The number of aromatic nitrogens is 2. The van der Waals surface area contributed by atoms with Crippen LogP contribution in [0.2, 0.25) is 5.15 Å².